The van der Waals surface area contributed by atoms with Gasteiger partial charge in [-0.2, -0.15) is 14.1 Å². The fraction of sp³-hybridized carbons (Fsp3) is 0.393. The number of anilines is 2. The zero-order valence-corrected chi connectivity index (χ0v) is 24.6. The maximum atomic E-state index is 13.6. The van der Waals surface area contributed by atoms with Crippen molar-refractivity contribution in [1.82, 2.24) is 19.0 Å². The van der Waals surface area contributed by atoms with Gasteiger partial charge in [0.25, 0.3) is 0 Å². The summed E-state index contributed by atoms with van der Waals surface area (Å²) in [6.07, 6.45) is 5.41. The van der Waals surface area contributed by atoms with E-state index in [9.17, 15) is 18.0 Å². The molecule has 1 N–H and O–H groups in total. The van der Waals surface area contributed by atoms with Crippen molar-refractivity contribution in [2.75, 3.05) is 50.5 Å². The van der Waals surface area contributed by atoms with Gasteiger partial charge in [-0.3, -0.25) is 4.79 Å². The Morgan fingerprint density at radius 3 is 2.37 bits per heavy atom. The first kappa shape index (κ1) is 28.9. The molecule has 41 heavy (non-hydrogen) atoms. The van der Waals surface area contributed by atoms with Crippen LogP contribution >= 0.6 is 11.6 Å². The van der Waals surface area contributed by atoms with Crippen molar-refractivity contribution in [3.63, 3.8) is 0 Å². The lowest BCUT2D eigenvalue weighted by molar-refractivity contribution is 0.205. The van der Waals surface area contributed by atoms with Crippen LogP contribution in [0.25, 0.3) is 5.69 Å². The minimum absolute atomic E-state index is 0.0520. The van der Waals surface area contributed by atoms with E-state index in [2.05, 4.69) is 10.4 Å². The summed E-state index contributed by atoms with van der Waals surface area (Å²) in [5.41, 5.74) is 1.21. The molecule has 2 aromatic carbocycles. The van der Waals surface area contributed by atoms with Crippen LogP contribution in [0.4, 0.5) is 16.2 Å². The van der Waals surface area contributed by atoms with Crippen LogP contribution in [-0.4, -0.2) is 79.8 Å². The Bertz CT molecular complexity index is 1560. The molecule has 1 aliphatic carbocycles. The Morgan fingerprint density at radius 1 is 1.05 bits per heavy atom. The Morgan fingerprint density at radius 2 is 1.73 bits per heavy atom. The highest BCUT2D eigenvalue weighted by Crippen LogP contribution is 2.31. The third-order valence-electron chi connectivity index (χ3n) is 7.28. The Balaban J connectivity index is 1.34. The monoisotopic (exact) mass is 600 g/mol. The van der Waals surface area contributed by atoms with Gasteiger partial charge in [0.2, 0.25) is 15.8 Å². The van der Waals surface area contributed by atoms with Gasteiger partial charge >= 0.3 is 11.6 Å². The summed E-state index contributed by atoms with van der Waals surface area (Å²) in [6.45, 7) is 1.17. The molecular weight excluding hydrogens is 568 g/mol. The molecule has 2 heterocycles. The number of carbonyl (C=O) groups excluding carboxylic acids is 1. The summed E-state index contributed by atoms with van der Waals surface area (Å²) in [5, 5.41) is 7.60. The van der Waals surface area contributed by atoms with Crippen LogP contribution in [0, 0.1) is 0 Å². The van der Waals surface area contributed by atoms with Crippen molar-refractivity contribution >= 4 is 39.0 Å². The lowest BCUT2D eigenvalue weighted by Crippen LogP contribution is -2.49. The van der Waals surface area contributed by atoms with Crippen molar-refractivity contribution in [3.05, 3.63) is 70.1 Å². The topological polar surface area (TPSA) is 117 Å². The van der Waals surface area contributed by atoms with Crippen LogP contribution in [0.5, 0.6) is 5.75 Å². The number of aromatic nitrogens is 2. The smallest absolute Gasteiger partial charge is 0.321 e. The predicted octanol–water partition coefficient (Wildman–Crippen LogP) is 3.81. The summed E-state index contributed by atoms with van der Waals surface area (Å²) < 4.78 is 35.7. The Kier molecular flexibility index (Phi) is 8.52. The summed E-state index contributed by atoms with van der Waals surface area (Å²) in [7, 11) is -0.509. The SMILES string of the molecule is CN(C)C(=O)Nc1ccc(S(=O)(=O)N2CCN(c3cnn(-c4cccc(Cl)c4)c(=O)c3OC3CCCC3)CC2)cc1. The highest BCUT2D eigenvalue weighted by molar-refractivity contribution is 7.89. The molecule has 218 valence electrons. The van der Waals surface area contributed by atoms with E-state index in [4.69, 9.17) is 16.3 Å². The van der Waals surface area contributed by atoms with E-state index in [1.54, 1.807) is 56.7 Å². The summed E-state index contributed by atoms with van der Waals surface area (Å²) in [5.74, 6) is 0.221. The van der Waals surface area contributed by atoms with Gasteiger partial charge in [-0.15, -0.1) is 0 Å². The molecule has 13 heteroatoms. The number of hydrogen-bond acceptors (Lipinski definition) is 7. The number of ether oxygens (including phenoxy) is 1. The predicted molar refractivity (Wildman–Crippen MR) is 158 cm³/mol. The van der Waals surface area contributed by atoms with Crippen LogP contribution in [0.15, 0.2) is 64.4 Å². The van der Waals surface area contributed by atoms with Crippen LogP contribution in [0.3, 0.4) is 0 Å². The molecule has 0 atom stereocenters. The molecule has 3 aromatic rings. The molecule has 0 radical (unpaired) electrons. The van der Waals surface area contributed by atoms with Crippen molar-refractivity contribution in [3.8, 4) is 11.4 Å². The summed E-state index contributed by atoms with van der Waals surface area (Å²) in [4.78, 5) is 29.0. The first-order valence-corrected chi connectivity index (χ1v) is 15.3. The largest absolute Gasteiger partial charge is 0.483 e. The van der Waals surface area contributed by atoms with Crippen molar-refractivity contribution < 1.29 is 17.9 Å². The lowest BCUT2D eigenvalue weighted by Gasteiger charge is -2.36. The molecule has 0 bridgehead atoms. The number of halogens is 1. The number of amides is 2. The number of piperazine rings is 1. The normalized spacial score (nSPS) is 16.5. The van der Waals surface area contributed by atoms with Crippen molar-refractivity contribution in [2.24, 2.45) is 0 Å². The van der Waals surface area contributed by atoms with Gasteiger partial charge in [0.05, 0.1) is 22.9 Å². The lowest BCUT2D eigenvalue weighted by atomic mass is 10.2. The third-order valence-corrected chi connectivity index (χ3v) is 9.43. The third kappa shape index (κ3) is 6.34. The Labute approximate surface area is 244 Å². The number of hydrogen-bond donors (Lipinski definition) is 1. The van der Waals surface area contributed by atoms with Gasteiger partial charge < -0.3 is 19.9 Å². The van der Waals surface area contributed by atoms with E-state index >= 15 is 0 Å². The zero-order chi connectivity index (χ0) is 29.1. The van der Waals surface area contributed by atoms with Crippen molar-refractivity contribution in [1.29, 1.82) is 0 Å². The first-order chi connectivity index (χ1) is 19.6. The molecule has 2 fully saturated rings. The zero-order valence-electron chi connectivity index (χ0n) is 23.0. The first-order valence-electron chi connectivity index (χ1n) is 13.5. The fourth-order valence-corrected chi connectivity index (χ4v) is 6.60. The molecular formula is C28H33ClN6O5S. The number of nitrogens with one attached hydrogen (secondary N) is 1. The number of sulfonamides is 1. The molecule has 11 nitrogen and oxygen atoms in total. The molecule has 2 aliphatic rings. The summed E-state index contributed by atoms with van der Waals surface area (Å²) in [6, 6.07) is 12.7. The van der Waals surface area contributed by atoms with Crippen LogP contribution in [0.2, 0.25) is 5.02 Å². The van der Waals surface area contributed by atoms with Gasteiger partial charge in [-0.1, -0.05) is 17.7 Å². The number of rotatable bonds is 7. The second-order valence-corrected chi connectivity index (χ2v) is 12.7. The second kappa shape index (κ2) is 12.1. The average Bonchev–Trinajstić information content (AvgIpc) is 3.48. The number of urea groups is 1. The molecule has 1 aliphatic heterocycles. The molecule has 2 amide bonds. The molecule has 0 unspecified atom stereocenters. The van der Waals surface area contributed by atoms with E-state index in [1.165, 1.54) is 26.0 Å². The van der Waals surface area contributed by atoms with Crippen LogP contribution < -0.4 is 20.5 Å². The van der Waals surface area contributed by atoms with Crippen LogP contribution in [0.1, 0.15) is 25.7 Å². The standard InChI is InChI=1S/C28H33ClN6O5S/c1-32(2)28(37)31-21-10-12-24(13-11-21)41(38,39)34-16-14-33(15-17-34)25-19-30-35(22-7-5-6-20(29)18-22)27(36)26(25)40-23-8-3-4-9-23/h5-7,10-13,18-19,23H,3-4,8-9,14-17H2,1-2H3,(H,31,37). The maximum absolute atomic E-state index is 13.6. The quantitative estimate of drug-likeness (QED) is 0.438. The Hall–Kier alpha value is -3.61. The summed E-state index contributed by atoms with van der Waals surface area (Å²) >= 11 is 6.16. The number of nitrogens with zero attached hydrogens (tertiary/aromatic N) is 5. The molecule has 0 spiro atoms. The van der Waals surface area contributed by atoms with E-state index < -0.39 is 10.0 Å². The fourth-order valence-electron chi connectivity index (χ4n) is 4.99. The minimum atomic E-state index is -3.75. The molecule has 1 saturated carbocycles. The van der Waals surface area contributed by atoms with E-state index in [-0.39, 0.29) is 41.4 Å². The van der Waals surface area contributed by atoms with Crippen molar-refractivity contribution in [2.45, 2.75) is 36.7 Å². The van der Waals surface area contributed by atoms with E-state index in [0.717, 1.165) is 25.7 Å². The van der Waals surface area contributed by atoms with Gasteiger partial charge in [0, 0.05) is 51.0 Å². The van der Waals surface area contributed by atoms with E-state index in [1.807, 2.05) is 4.90 Å². The molecule has 1 saturated heterocycles. The molecule has 1 aromatic heterocycles. The maximum Gasteiger partial charge on any atom is 0.321 e. The molecule has 5 rings (SSSR count). The highest BCUT2D eigenvalue weighted by Gasteiger charge is 2.31. The average molecular weight is 601 g/mol. The van der Waals surface area contributed by atoms with E-state index in [0.29, 0.717) is 35.2 Å². The highest BCUT2D eigenvalue weighted by atomic mass is 35.5. The van der Waals surface area contributed by atoms with Gasteiger partial charge in [-0.05, 0) is 68.1 Å². The van der Waals surface area contributed by atoms with Gasteiger partial charge in [0.15, 0.2) is 0 Å². The van der Waals surface area contributed by atoms with Crippen LogP contribution in [-0.2, 0) is 10.0 Å². The number of benzene rings is 2. The van der Waals surface area contributed by atoms with Gasteiger partial charge in [0.1, 0.15) is 5.69 Å². The number of carbonyl (C=O) groups is 1. The van der Waals surface area contributed by atoms with Gasteiger partial charge in [-0.25, -0.2) is 13.2 Å². The second-order valence-electron chi connectivity index (χ2n) is 10.3. The minimum Gasteiger partial charge on any atom is -0.483 e.